The van der Waals surface area contributed by atoms with Crippen LogP contribution in [0.2, 0.25) is 0 Å². The first-order chi connectivity index (χ1) is 14.3. The van der Waals surface area contributed by atoms with Crippen LogP contribution in [0, 0.1) is 11.6 Å². The highest BCUT2D eigenvalue weighted by atomic mass is 19.1. The van der Waals surface area contributed by atoms with Gasteiger partial charge in [-0.1, -0.05) is 6.07 Å². The molecule has 0 aliphatic carbocycles. The number of anilines is 2. The van der Waals surface area contributed by atoms with Crippen molar-refractivity contribution >= 4 is 17.8 Å². The number of benzene rings is 2. The monoisotopic (exact) mass is 411 g/mol. The van der Waals surface area contributed by atoms with Gasteiger partial charge in [0.2, 0.25) is 0 Å². The van der Waals surface area contributed by atoms with E-state index in [2.05, 4.69) is 10.2 Å². The molecule has 30 heavy (non-hydrogen) atoms. The van der Waals surface area contributed by atoms with Crippen molar-refractivity contribution in [3.63, 3.8) is 0 Å². The van der Waals surface area contributed by atoms with Crippen molar-refractivity contribution in [1.82, 2.24) is 14.5 Å². The van der Waals surface area contributed by atoms with Crippen molar-refractivity contribution in [2.75, 3.05) is 18.4 Å². The number of nitrogens with two attached hydrogens (primary N) is 1. The van der Waals surface area contributed by atoms with Gasteiger partial charge in [0, 0.05) is 30.9 Å². The number of aldehydes is 1. The fraction of sp³-hybridized carbons (Fsp3) is 0.273. The molecule has 1 unspecified atom stereocenters. The molecule has 0 saturated carbocycles. The van der Waals surface area contributed by atoms with E-state index in [1.807, 2.05) is 4.57 Å². The standard InChI is InChI=1S/C22H23F2N5O/c1-22(25,14-30)13-28-9-10-29-19(12-28)27-20(15-5-7-16(23)8-6-15)21(29)26-18-4-2-3-17(24)11-18/h2-8,11,14,26H,9-10,12-13,25H2,1H3. The van der Waals surface area contributed by atoms with Crippen molar-refractivity contribution in [3.8, 4) is 11.3 Å². The van der Waals surface area contributed by atoms with E-state index >= 15 is 0 Å². The number of fused-ring (bicyclic) bond motifs is 1. The average Bonchev–Trinajstić information content (AvgIpc) is 3.06. The van der Waals surface area contributed by atoms with Gasteiger partial charge < -0.3 is 20.4 Å². The van der Waals surface area contributed by atoms with Crippen LogP contribution in [0.5, 0.6) is 0 Å². The minimum Gasteiger partial charge on any atom is -0.340 e. The highest BCUT2D eigenvalue weighted by molar-refractivity contribution is 5.76. The molecule has 0 amide bonds. The molecule has 1 atom stereocenters. The molecule has 0 fully saturated rings. The largest absolute Gasteiger partial charge is 0.340 e. The molecule has 3 aromatic rings. The maximum atomic E-state index is 13.7. The summed E-state index contributed by atoms with van der Waals surface area (Å²) in [6, 6.07) is 12.3. The van der Waals surface area contributed by atoms with Crippen LogP contribution in [0.1, 0.15) is 12.7 Å². The van der Waals surface area contributed by atoms with Gasteiger partial charge >= 0.3 is 0 Å². The molecule has 6 nitrogen and oxygen atoms in total. The SMILES string of the molecule is CC(N)(C=O)CN1CCn2c(nc(-c3ccc(F)cc3)c2Nc2cccc(F)c2)C1. The van der Waals surface area contributed by atoms with Crippen molar-refractivity contribution in [3.05, 3.63) is 66.0 Å². The van der Waals surface area contributed by atoms with Gasteiger partial charge in [-0.25, -0.2) is 13.8 Å². The Labute approximate surface area is 173 Å². The molecule has 0 bridgehead atoms. The predicted octanol–water partition coefficient (Wildman–Crippen LogP) is 3.30. The van der Waals surface area contributed by atoms with Crippen molar-refractivity contribution in [1.29, 1.82) is 0 Å². The second-order valence-corrected chi connectivity index (χ2v) is 7.85. The Bertz CT molecular complexity index is 1060. The van der Waals surface area contributed by atoms with E-state index in [0.29, 0.717) is 43.4 Å². The van der Waals surface area contributed by atoms with Gasteiger partial charge in [-0.05, 0) is 49.4 Å². The zero-order valence-corrected chi connectivity index (χ0v) is 16.6. The lowest BCUT2D eigenvalue weighted by molar-refractivity contribution is -0.112. The summed E-state index contributed by atoms with van der Waals surface area (Å²) < 4.78 is 29.2. The third-order valence-corrected chi connectivity index (χ3v) is 5.09. The summed E-state index contributed by atoms with van der Waals surface area (Å²) in [5.41, 5.74) is 7.07. The highest BCUT2D eigenvalue weighted by Crippen LogP contribution is 2.33. The molecule has 2 heterocycles. The molecule has 1 aliphatic rings. The van der Waals surface area contributed by atoms with E-state index in [0.717, 1.165) is 17.7 Å². The quantitative estimate of drug-likeness (QED) is 0.609. The second-order valence-electron chi connectivity index (χ2n) is 7.85. The number of nitrogens with one attached hydrogen (secondary N) is 1. The number of rotatable bonds is 6. The van der Waals surface area contributed by atoms with Gasteiger partial charge in [0.05, 0.1) is 12.1 Å². The summed E-state index contributed by atoms with van der Waals surface area (Å²) in [7, 11) is 0. The summed E-state index contributed by atoms with van der Waals surface area (Å²) in [4.78, 5) is 18.1. The van der Waals surface area contributed by atoms with Crippen molar-refractivity contribution in [2.45, 2.75) is 25.6 Å². The number of hydrogen-bond acceptors (Lipinski definition) is 5. The molecule has 8 heteroatoms. The highest BCUT2D eigenvalue weighted by Gasteiger charge is 2.28. The molecule has 0 spiro atoms. The van der Waals surface area contributed by atoms with Gasteiger partial charge in [-0.3, -0.25) is 4.90 Å². The van der Waals surface area contributed by atoms with Crippen LogP contribution in [-0.4, -0.2) is 39.4 Å². The molecule has 4 rings (SSSR count). The summed E-state index contributed by atoms with van der Waals surface area (Å²) >= 11 is 0. The summed E-state index contributed by atoms with van der Waals surface area (Å²) in [5, 5.41) is 3.28. The third kappa shape index (κ3) is 4.24. The van der Waals surface area contributed by atoms with Gasteiger partial charge in [0.25, 0.3) is 0 Å². The zero-order chi connectivity index (χ0) is 21.3. The van der Waals surface area contributed by atoms with Gasteiger partial charge in [0.1, 0.15) is 35.3 Å². The van der Waals surface area contributed by atoms with E-state index in [4.69, 9.17) is 10.7 Å². The number of imidazole rings is 1. The van der Waals surface area contributed by atoms with Crippen LogP contribution in [0.25, 0.3) is 11.3 Å². The molecule has 1 aromatic heterocycles. The Morgan fingerprint density at radius 1 is 1.17 bits per heavy atom. The molecule has 1 aliphatic heterocycles. The third-order valence-electron chi connectivity index (χ3n) is 5.09. The van der Waals surface area contributed by atoms with Crippen LogP contribution in [0.15, 0.2) is 48.5 Å². The number of carbonyl (C=O) groups excluding carboxylic acids is 1. The van der Waals surface area contributed by atoms with Crippen LogP contribution >= 0.6 is 0 Å². The summed E-state index contributed by atoms with van der Waals surface area (Å²) in [5.74, 6) is 0.836. The Morgan fingerprint density at radius 2 is 1.93 bits per heavy atom. The van der Waals surface area contributed by atoms with Crippen molar-refractivity contribution < 1.29 is 13.6 Å². The molecule has 0 saturated heterocycles. The lowest BCUT2D eigenvalue weighted by Gasteiger charge is -2.32. The lowest BCUT2D eigenvalue weighted by atomic mass is 10.1. The smallest absolute Gasteiger partial charge is 0.140 e. The van der Waals surface area contributed by atoms with E-state index in [1.165, 1.54) is 24.3 Å². The fourth-order valence-corrected chi connectivity index (χ4v) is 3.67. The van der Waals surface area contributed by atoms with E-state index in [-0.39, 0.29) is 11.6 Å². The van der Waals surface area contributed by atoms with Gasteiger partial charge in [-0.2, -0.15) is 0 Å². The Morgan fingerprint density at radius 3 is 2.63 bits per heavy atom. The molecule has 156 valence electrons. The summed E-state index contributed by atoms with van der Waals surface area (Å²) in [6.07, 6.45) is 0.759. The maximum absolute atomic E-state index is 13.7. The first kappa shape index (κ1) is 20.2. The number of carbonyl (C=O) groups is 1. The topological polar surface area (TPSA) is 76.2 Å². The lowest BCUT2D eigenvalue weighted by Crippen LogP contribution is -2.50. The number of nitrogens with zero attached hydrogens (tertiary/aromatic N) is 3. The Balaban J connectivity index is 1.71. The molecule has 3 N–H and O–H groups in total. The predicted molar refractivity (Wildman–Crippen MR) is 111 cm³/mol. The number of hydrogen-bond donors (Lipinski definition) is 2. The number of aromatic nitrogens is 2. The molecular formula is C22H23F2N5O. The zero-order valence-electron chi connectivity index (χ0n) is 16.6. The van der Waals surface area contributed by atoms with Gasteiger partial charge in [-0.15, -0.1) is 0 Å². The Hall–Kier alpha value is -3.10. The van der Waals surface area contributed by atoms with Gasteiger partial charge in [0.15, 0.2) is 0 Å². The normalized spacial score (nSPS) is 16.0. The van der Waals surface area contributed by atoms with E-state index in [1.54, 1.807) is 31.2 Å². The van der Waals surface area contributed by atoms with E-state index in [9.17, 15) is 13.6 Å². The van der Waals surface area contributed by atoms with Crippen molar-refractivity contribution in [2.24, 2.45) is 5.73 Å². The second kappa shape index (κ2) is 7.97. The fourth-order valence-electron chi connectivity index (χ4n) is 3.67. The molecule has 0 radical (unpaired) electrons. The molecule has 2 aromatic carbocycles. The maximum Gasteiger partial charge on any atom is 0.140 e. The van der Waals surface area contributed by atoms with Crippen LogP contribution < -0.4 is 11.1 Å². The summed E-state index contributed by atoms with van der Waals surface area (Å²) in [6.45, 7) is 3.93. The first-order valence-corrected chi connectivity index (χ1v) is 9.70. The van der Waals surface area contributed by atoms with E-state index < -0.39 is 5.54 Å². The minimum absolute atomic E-state index is 0.329. The van der Waals surface area contributed by atoms with Crippen LogP contribution in [0.4, 0.5) is 20.3 Å². The van der Waals surface area contributed by atoms with Crippen LogP contribution in [-0.2, 0) is 17.9 Å². The average molecular weight is 411 g/mol. The number of halogens is 2. The minimum atomic E-state index is -0.933. The molecular weight excluding hydrogens is 388 g/mol. The van der Waals surface area contributed by atoms with Crippen LogP contribution in [0.3, 0.4) is 0 Å². The Kier molecular flexibility index (Phi) is 5.36. The first-order valence-electron chi connectivity index (χ1n) is 9.70.